The van der Waals surface area contributed by atoms with Gasteiger partial charge >= 0.3 is 5.97 Å². The molecule has 1 aromatic rings. The molecule has 0 radical (unpaired) electrons. The van der Waals surface area contributed by atoms with E-state index in [2.05, 4.69) is 0 Å². The second kappa shape index (κ2) is 11.9. The van der Waals surface area contributed by atoms with E-state index in [9.17, 15) is 25.0 Å². The van der Waals surface area contributed by atoms with Gasteiger partial charge in [-0.25, -0.2) is 0 Å². The predicted octanol–water partition coefficient (Wildman–Crippen LogP) is 5.03. The van der Waals surface area contributed by atoms with E-state index in [0.29, 0.717) is 12.0 Å². The minimum Gasteiger partial charge on any atom is -0.481 e. The maximum atomic E-state index is 11.1. The van der Waals surface area contributed by atoms with Crippen molar-refractivity contribution in [2.24, 2.45) is 0 Å². The number of rotatable bonds is 14. The van der Waals surface area contributed by atoms with Gasteiger partial charge < -0.3 is 5.11 Å². The molecule has 144 valence electrons. The van der Waals surface area contributed by atoms with Crippen molar-refractivity contribution in [3.05, 3.63) is 44.0 Å². The Labute approximate surface area is 152 Å². The normalized spacial score (nSPS) is 10.6. The van der Waals surface area contributed by atoms with Crippen LogP contribution in [0, 0.1) is 20.2 Å². The maximum absolute atomic E-state index is 11.1. The molecule has 0 fully saturated rings. The molecule has 0 bridgehead atoms. The molecule has 0 amide bonds. The zero-order chi connectivity index (χ0) is 19.4. The highest BCUT2D eigenvalue weighted by Crippen LogP contribution is 2.26. The topological polar surface area (TPSA) is 124 Å². The number of aryl methyl sites for hydroxylation is 1. The molecule has 0 aliphatic heterocycles. The first-order chi connectivity index (χ1) is 12.4. The molecule has 1 aromatic carbocycles. The van der Waals surface area contributed by atoms with Crippen LogP contribution in [0.3, 0.4) is 0 Å². The van der Waals surface area contributed by atoms with Gasteiger partial charge in [-0.1, -0.05) is 44.9 Å². The Hall–Kier alpha value is -2.51. The van der Waals surface area contributed by atoms with Gasteiger partial charge in [0.1, 0.15) is 0 Å². The second-order valence-electron chi connectivity index (χ2n) is 6.40. The molecule has 0 saturated heterocycles. The van der Waals surface area contributed by atoms with Crippen molar-refractivity contribution < 1.29 is 19.7 Å². The maximum Gasteiger partial charge on any atom is 0.303 e. The Kier molecular flexibility index (Phi) is 9.89. The molecular weight excluding hydrogens is 340 g/mol. The number of unbranched alkanes of at least 4 members (excludes halogenated alkanes) is 8. The first-order valence-electron chi connectivity index (χ1n) is 9.05. The Morgan fingerprint density at radius 2 is 1.38 bits per heavy atom. The number of hydrogen-bond acceptors (Lipinski definition) is 5. The van der Waals surface area contributed by atoms with Crippen LogP contribution in [0.1, 0.15) is 69.8 Å². The fourth-order valence-electron chi connectivity index (χ4n) is 2.88. The average molecular weight is 366 g/mol. The van der Waals surface area contributed by atoms with Gasteiger partial charge in [0.25, 0.3) is 11.4 Å². The molecule has 0 aromatic heterocycles. The summed E-state index contributed by atoms with van der Waals surface area (Å²) < 4.78 is 0. The number of nitrogens with zero attached hydrogens (tertiary/aromatic N) is 2. The number of hydrogen-bond donors (Lipinski definition) is 1. The molecule has 0 heterocycles. The van der Waals surface area contributed by atoms with E-state index >= 15 is 0 Å². The zero-order valence-corrected chi connectivity index (χ0v) is 14.9. The number of nitro groups is 2. The van der Waals surface area contributed by atoms with Gasteiger partial charge in [0.2, 0.25) is 0 Å². The summed E-state index contributed by atoms with van der Waals surface area (Å²) in [4.78, 5) is 31.0. The molecule has 8 heteroatoms. The van der Waals surface area contributed by atoms with E-state index in [-0.39, 0.29) is 17.8 Å². The van der Waals surface area contributed by atoms with E-state index in [1.807, 2.05) is 0 Å². The van der Waals surface area contributed by atoms with E-state index in [0.717, 1.165) is 63.9 Å². The smallest absolute Gasteiger partial charge is 0.303 e. The van der Waals surface area contributed by atoms with E-state index in [1.165, 1.54) is 12.1 Å². The van der Waals surface area contributed by atoms with Crippen LogP contribution in [-0.4, -0.2) is 20.9 Å². The van der Waals surface area contributed by atoms with Crippen molar-refractivity contribution in [2.75, 3.05) is 0 Å². The third-order valence-corrected chi connectivity index (χ3v) is 4.31. The van der Waals surface area contributed by atoms with Crippen molar-refractivity contribution >= 4 is 17.3 Å². The van der Waals surface area contributed by atoms with E-state index in [1.54, 1.807) is 0 Å². The monoisotopic (exact) mass is 366 g/mol. The molecule has 0 saturated carbocycles. The number of carboxylic acid groups (broad SMARTS) is 1. The fourth-order valence-corrected chi connectivity index (χ4v) is 2.88. The van der Waals surface area contributed by atoms with Crippen molar-refractivity contribution in [1.82, 2.24) is 0 Å². The number of aliphatic carboxylic acids is 1. The highest BCUT2D eigenvalue weighted by atomic mass is 16.6. The van der Waals surface area contributed by atoms with Gasteiger partial charge in [-0.05, 0) is 25.3 Å². The molecule has 8 nitrogen and oxygen atoms in total. The lowest BCUT2D eigenvalue weighted by Crippen LogP contribution is -1.98. The van der Waals surface area contributed by atoms with Crippen LogP contribution in [0.2, 0.25) is 0 Å². The van der Waals surface area contributed by atoms with E-state index < -0.39 is 15.8 Å². The molecule has 1 rings (SSSR count). The quantitative estimate of drug-likeness (QED) is 0.280. The standard InChI is InChI=1S/C18H26N2O6/c21-18(22)11-9-7-5-3-1-2-4-6-8-10-15-12-13-16(19(23)24)14-17(15)20(25)26/h12-14H,1-11H2,(H,21,22). The Balaban J connectivity index is 2.19. The van der Waals surface area contributed by atoms with Crippen molar-refractivity contribution in [3.8, 4) is 0 Å². The van der Waals surface area contributed by atoms with Crippen molar-refractivity contribution in [2.45, 2.75) is 70.6 Å². The second-order valence-corrected chi connectivity index (χ2v) is 6.40. The molecule has 0 aliphatic carbocycles. The largest absolute Gasteiger partial charge is 0.481 e. The SMILES string of the molecule is O=C(O)CCCCCCCCCCCc1ccc([N+](=O)[O-])cc1[N+](=O)[O-]. The Morgan fingerprint density at radius 3 is 1.88 bits per heavy atom. The lowest BCUT2D eigenvalue weighted by molar-refractivity contribution is -0.394. The van der Waals surface area contributed by atoms with Crippen LogP contribution in [0.15, 0.2) is 18.2 Å². The average Bonchev–Trinajstić information content (AvgIpc) is 2.59. The van der Waals surface area contributed by atoms with Crippen LogP contribution in [0.25, 0.3) is 0 Å². The molecule has 1 N–H and O–H groups in total. The van der Waals surface area contributed by atoms with Gasteiger partial charge in [0, 0.05) is 18.1 Å². The van der Waals surface area contributed by atoms with Gasteiger partial charge in [0.05, 0.1) is 15.9 Å². The van der Waals surface area contributed by atoms with Crippen LogP contribution in [-0.2, 0) is 11.2 Å². The third-order valence-electron chi connectivity index (χ3n) is 4.31. The molecule has 0 unspecified atom stereocenters. The predicted molar refractivity (Wildman–Crippen MR) is 97.3 cm³/mol. The van der Waals surface area contributed by atoms with Crippen LogP contribution in [0.5, 0.6) is 0 Å². The first-order valence-corrected chi connectivity index (χ1v) is 9.05. The number of nitro benzene ring substituents is 2. The number of carbonyl (C=O) groups is 1. The van der Waals surface area contributed by atoms with Crippen LogP contribution in [0.4, 0.5) is 11.4 Å². The molecular formula is C18H26N2O6. The summed E-state index contributed by atoms with van der Waals surface area (Å²) in [5.41, 5.74) is 0.100. The molecule has 0 spiro atoms. The van der Waals surface area contributed by atoms with Gasteiger partial charge in [0.15, 0.2) is 0 Å². The van der Waals surface area contributed by atoms with E-state index in [4.69, 9.17) is 5.11 Å². The Morgan fingerprint density at radius 1 is 0.846 bits per heavy atom. The molecule has 0 atom stereocenters. The molecule has 0 aliphatic rings. The zero-order valence-electron chi connectivity index (χ0n) is 14.9. The Bertz CT molecular complexity index is 618. The van der Waals surface area contributed by atoms with Gasteiger partial charge in [-0.3, -0.25) is 25.0 Å². The summed E-state index contributed by atoms with van der Waals surface area (Å²) in [5, 5.41) is 30.3. The van der Waals surface area contributed by atoms with Gasteiger partial charge in [-0.15, -0.1) is 0 Å². The molecule has 26 heavy (non-hydrogen) atoms. The number of non-ortho nitro benzene ring substituents is 1. The number of carboxylic acids is 1. The fraction of sp³-hybridized carbons (Fsp3) is 0.611. The third kappa shape index (κ3) is 8.55. The number of benzene rings is 1. The minimum absolute atomic E-state index is 0.180. The minimum atomic E-state index is -0.738. The summed E-state index contributed by atoms with van der Waals surface area (Å²) in [7, 11) is 0. The highest BCUT2D eigenvalue weighted by molar-refractivity contribution is 5.66. The van der Waals surface area contributed by atoms with Crippen LogP contribution >= 0.6 is 0 Å². The summed E-state index contributed by atoms with van der Waals surface area (Å²) in [6.07, 6.45) is 9.69. The summed E-state index contributed by atoms with van der Waals surface area (Å²) in [5.74, 6) is -0.738. The lowest BCUT2D eigenvalue weighted by atomic mass is 10.0. The lowest BCUT2D eigenvalue weighted by Gasteiger charge is -2.04. The highest BCUT2D eigenvalue weighted by Gasteiger charge is 2.18. The van der Waals surface area contributed by atoms with Crippen molar-refractivity contribution in [3.63, 3.8) is 0 Å². The first kappa shape index (κ1) is 21.5. The summed E-state index contributed by atoms with van der Waals surface area (Å²) in [6.45, 7) is 0. The van der Waals surface area contributed by atoms with Crippen molar-refractivity contribution in [1.29, 1.82) is 0 Å². The van der Waals surface area contributed by atoms with Crippen LogP contribution < -0.4 is 0 Å². The van der Waals surface area contributed by atoms with Gasteiger partial charge in [-0.2, -0.15) is 0 Å². The summed E-state index contributed by atoms with van der Waals surface area (Å²) in [6, 6.07) is 3.82. The summed E-state index contributed by atoms with van der Waals surface area (Å²) >= 11 is 0.